The van der Waals surface area contributed by atoms with Gasteiger partial charge in [-0.1, -0.05) is 13.0 Å². The predicted octanol–water partition coefficient (Wildman–Crippen LogP) is 2.72. The Hall–Kier alpha value is -1.97. The Morgan fingerprint density at radius 2 is 2.00 bits per heavy atom. The molecule has 0 N–H and O–H groups in total. The van der Waals surface area contributed by atoms with Crippen LogP contribution >= 0.6 is 15.9 Å². The van der Waals surface area contributed by atoms with Crippen LogP contribution in [0.5, 0.6) is 0 Å². The summed E-state index contributed by atoms with van der Waals surface area (Å²) in [6, 6.07) is 8.73. The first kappa shape index (κ1) is 20.9. The first-order valence-corrected chi connectivity index (χ1v) is 12.9. The number of anilines is 1. The molecule has 5 rings (SSSR count). The fourth-order valence-corrected chi connectivity index (χ4v) is 7.86. The minimum Gasteiger partial charge on any atom is -0.312 e. The van der Waals surface area contributed by atoms with Crippen LogP contribution in [0, 0.1) is 5.92 Å². The highest BCUT2D eigenvalue weighted by atomic mass is 79.9. The third-order valence-electron chi connectivity index (χ3n) is 6.70. The lowest BCUT2D eigenvalue weighted by atomic mass is 9.84. The van der Waals surface area contributed by atoms with Crippen LogP contribution < -0.4 is 10.5 Å². The topological polar surface area (TPSA) is 79.7 Å². The van der Waals surface area contributed by atoms with Crippen molar-refractivity contribution in [3.8, 4) is 0 Å². The van der Waals surface area contributed by atoms with Crippen LogP contribution in [0.25, 0.3) is 0 Å². The van der Waals surface area contributed by atoms with Crippen molar-refractivity contribution >= 4 is 37.5 Å². The van der Waals surface area contributed by atoms with Gasteiger partial charge >= 0.3 is 0 Å². The van der Waals surface area contributed by atoms with E-state index >= 15 is 0 Å². The number of piperidine rings is 1. The number of nitrogens with zero attached hydrogens (tertiary/aromatic N) is 3. The van der Waals surface area contributed by atoms with E-state index in [0.29, 0.717) is 42.8 Å². The van der Waals surface area contributed by atoms with Crippen molar-refractivity contribution in [2.75, 3.05) is 24.5 Å². The molecule has 31 heavy (non-hydrogen) atoms. The third kappa shape index (κ3) is 3.37. The molecule has 1 fully saturated rings. The molecule has 3 aliphatic rings. The molecule has 164 valence electrons. The fourth-order valence-electron chi connectivity index (χ4n) is 5.22. The first-order valence-electron chi connectivity index (χ1n) is 10.6. The van der Waals surface area contributed by atoms with Crippen LogP contribution in [0.15, 0.2) is 44.5 Å². The zero-order valence-electron chi connectivity index (χ0n) is 17.3. The smallest absolute Gasteiger partial charge is 0.250 e. The van der Waals surface area contributed by atoms with Crippen LogP contribution in [0.4, 0.5) is 5.69 Å². The average Bonchev–Trinajstić information content (AvgIpc) is 3.16. The van der Waals surface area contributed by atoms with Gasteiger partial charge in [0.15, 0.2) is 0 Å². The maximum atomic E-state index is 13.7. The van der Waals surface area contributed by atoms with Gasteiger partial charge in [0.1, 0.15) is 0 Å². The number of rotatable bonds is 3. The molecule has 1 aromatic heterocycles. The molecule has 0 aliphatic carbocycles. The molecule has 2 unspecified atom stereocenters. The summed E-state index contributed by atoms with van der Waals surface area (Å²) in [5.74, 6) is 0.106. The molecular weight excluding hydrogens is 482 g/mol. The van der Waals surface area contributed by atoms with Crippen LogP contribution in [0.2, 0.25) is 0 Å². The number of aromatic nitrogens is 1. The number of benzene rings is 1. The summed E-state index contributed by atoms with van der Waals surface area (Å²) < 4.78 is 31.3. The third-order valence-corrected chi connectivity index (χ3v) is 9.49. The van der Waals surface area contributed by atoms with Gasteiger partial charge in [-0.25, -0.2) is 8.42 Å². The molecule has 0 saturated carbocycles. The highest BCUT2D eigenvalue weighted by Crippen LogP contribution is 2.40. The number of carbonyl (C=O) groups excluding carboxylic acids is 1. The molecule has 2 bridgehead atoms. The van der Waals surface area contributed by atoms with Crippen molar-refractivity contribution in [2.45, 2.75) is 43.5 Å². The van der Waals surface area contributed by atoms with Crippen molar-refractivity contribution < 1.29 is 13.2 Å². The quantitative estimate of drug-likeness (QED) is 0.642. The van der Waals surface area contributed by atoms with E-state index in [1.165, 1.54) is 0 Å². The van der Waals surface area contributed by atoms with Gasteiger partial charge in [0.25, 0.3) is 5.56 Å². The van der Waals surface area contributed by atoms with Crippen molar-refractivity contribution in [3.63, 3.8) is 0 Å². The Balaban J connectivity index is 1.51. The second-order valence-electron chi connectivity index (χ2n) is 8.58. The van der Waals surface area contributed by atoms with E-state index in [-0.39, 0.29) is 28.2 Å². The molecule has 7 nitrogen and oxygen atoms in total. The highest BCUT2D eigenvalue weighted by molar-refractivity contribution is 9.10. The monoisotopic (exact) mass is 505 g/mol. The zero-order valence-corrected chi connectivity index (χ0v) is 19.7. The van der Waals surface area contributed by atoms with E-state index in [0.717, 1.165) is 24.1 Å². The molecule has 2 aromatic rings. The molecule has 9 heteroatoms. The number of sulfonamides is 1. The second-order valence-corrected chi connectivity index (χ2v) is 11.3. The lowest BCUT2D eigenvalue weighted by Crippen LogP contribution is -2.49. The van der Waals surface area contributed by atoms with Gasteiger partial charge in [-0.05, 0) is 58.5 Å². The van der Waals surface area contributed by atoms with Gasteiger partial charge in [0, 0.05) is 60.4 Å². The van der Waals surface area contributed by atoms with E-state index in [4.69, 9.17) is 0 Å². The standard InChI is InChI=1S/C22H24BrN3O4S/c1-2-21(27)25-7-6-15-9-17(23)20(10-19(15)25)31(29,30)24-11-14-8-16(13-24)18-4-3-5-22(28)26(18)12-14/h3-5,9-10,14,16H,2,6-8,11-13H2,1H3. The molecule has 0 spiro atoms. The molecular formula is C22H24BrN3O4S. The highest BCUT2D eigenvalue weighted by Gasteiger charge is 2.40. The van der Waals surface area contributed by atoms with Crippen LogP contribution in [0.3, 0.4) is 0 Å². The number of carbonyl (C=O) groups is 1. The van der Waals surface area contributed by atoms with Crippen molar-refractivity contribution in [1.29, 1.82) is 0 Å². The number of pyridine rings is 1. The van der Waals surface area contributed by atoms with Gasteiger partial charge < -0.3 is 9.47 Å². The van der Waals surface area contributed by atoms with Crippen molar-refractivity contribution in [1.82, 2.24) is 8.87 Å². The second kappa shape index (κ2) is 7.56. The maximum Gasteiger partial charge on any atom is 0.250 e. The van der Waals surface area contributed by atoms with Crippen molar-refractivity contribution in [3.05, 3.63) is 56.4 Å². The summed E-state index contributed by atoms with van der Waals surface area (Å²) in [6.07, 6.45) is 1.99. The average molecular weight is 506 g/mol. The van der Waals surface area contributed by atoms with E-state index < -0.39 is 10.0 Å². The van der Waals surface area contributed by atoms with Crippen LogP contribution in [-0.2, 0) is 27.8 Å². The summed E-state index contributed by atoms with van der Waals surface area (Å²) >= 11 is 3.47. The van der Waals surface area contributed by atoms with Gasteiger partial charge in [0.05, 0.1) is 4.90 Å². The van der Waals surface area contributed by atoms with Crippen LogP contribution in [0.1, 0.15) is 36.9 Å². The molecule has 2 atom stereocenters. The van der Waals surface area contributed by atoms with Gasteiger partial charge in [-0.2, -0.15) is 4.31 Å². The minimum atomic E-state index is -3.76. The van der Waals surface area contributed by atoms with E-state index in [2.05, 4.69) is 15.9 Å². The Morgan fingerprint density at radius 3 is 2.77 bits per heavy atom. The van der Waals surface area contributed by atoms with Gasteiger partial charge in [0.2, 0.25) is 15.9 Å². The molecule has 4 heterocycles. The van der Waals surface area contributed by atoms with E-state index in [1.807, 2.05) is 19.1 Å². The Kier molecular flexibility index (Phi) is 5.10. The van der Waals surface area contributed by atoms with Crippen LogP contribution in [-0.4, -0.2) is 42.8 Å². The lowest BCUT2D eigenvalue weighted by molar-refractivity contribution is -0.118. The first-order chi connectivity index (χ1) is 14.8. The SMILES string of the molecule is CCC(=O)N1CCc2cc(Br)c(S(=O)(=O)N3CC4CC(C3)c3cccc(=O)n3C4)cc21. The van der Waals surface area contributed by atoms with Crippen molar-refractivity contribution in [2.24, 2.45) is 5.92 Å². The number of amides is 1. The van der Waals surface area contributed by atoms with E-state index in [9.17, 15) is 18.0 Å². The number of hydrogen-bond donors (Lipinski definition) is 0. The lowest BCUT2D eigenvalue weighted by Gasteiger charge is -2.42. The Bertz CT molecular complexity index is 1240. The largest absolute Gasteiger partial charge is 0.312 e. The van der Waals surface area contributed by atoms with E-state index in [1.54, 1.807) is 32.0 Å². The van der Waals surface area contributed by atoms with Gasteiger partial charge in [-0.3, -0.25) is 9.59 Å². The molecule has 1 aromatic carbocycles. The van der Waals surface area contributed by atoms with Gasteiger partial charge in [-0.15, -0.1) is 0 Å². The fraction of sp³-hybridized carbons (Fsp3) is 0.455. The predicted molar refractivity (Wildman–Crippen MR) is 121 cm³/mol. The molecule has 1 amide bonds. The number of fused-ring (bicyclic) bond motifs is 5. The number of hydrogen-bond acceptors (Lipinski definition) is 4. The summed E-state index contributed by atoms with van der Waals surface area (Å²) in [5, 5.41) is 0. The normalized spacial score (nSPS) is 22.8. The molecule has 0 radical (unpaired) electrons. The Labute approximate surface area is 189 Å². The summed E-state index contributed by atoms with van der Waals surface area (Å²) in [7, 11) is -3.76. The maximum absolute atomic E-state index is 13.7. The summed E-state index contributed by atoms with van der Waals surface area (Å²) in [6.45, 7) is 3.68. The number of halogens is 1. The zero-order chi connectivity index (χ0) is 21.9. The Morgan fingerprint density at radius 1 is 1.19 bits per heavy atom. The molecule has 1 saturated heterocycles. The minimum absolute atomic E-state index is 0.000950. The molecule has 3 aliphatic heterocycles. The summed E-state index contributed by atoms with van der Waals surface area (Å²) in [5.41, 5.74) is 2.57. The summed E-state index contributed by atoms with van der Waals surface area (Å²) in [4.78, 5) is 26.5.